The third-order valence-corrected chi connectivity index (χ3v) is 5.51. The summed E-state index contributed by atoms with van der Waals surface area (Å²) < 4.78 is 5.21. The molecule has 9 heteroatoms. The van der Waals surface area contributed by atoms with Crippen molar-refractivity contribution in [2.24, 2.45) is 0 Å². The molecule has 27 heavy (non-hydrogen) atoms. The molecule has 1 unspecified atom stereocenters. The second-order valence-corrected chi connectivity index (χ2v) is 7.26. The number of methoxy groups -OCH3 is 1. The highest BCUT2D eigenvalue weighted by atomic mass is 32.2. The summed E-state index contributed by atoms with van der Waals surface area (Å²) in [6.07, 6.45) is 2.39. The first-order chi connectivity index (χ1) is 13.1. The minimum absolute atomic E-state index is 0.431. The number of aromatic nitrogens is 3. The number of aliphatic carboxylic acids is 1. The molecule has 2 heterocycles. The molecular formula is C18H19N5O3S. The molecule has 8 nitrogen and oxygen atoms in total. The van der Waals surface area contributed by atoms with Crippen LogP contribution in [0.25, 0.3) is 10.6 Å². The van der Waals surface area contributed by atoms with Crippen molar-refractivity contribution in [2.45, 2.75) is 18.9 Å². The van der Waals surface area contributed by atoms with E-state index >= 15 is 0 Å². The Morgan fingerprint density at radius 1 is 1.37 bits per heavy atom. The zero-order valence-corrected chi connectivity index (χ0v) is 15.8. The molecule has 1 aliphatic heterocycles. The Labute approximate surface area is 159 Å². The predicted octanol–water partition coefficient (Wildman–Crippen LogP) is 0.0519. The van der Waals surface area contributed by atoms with Crippen molar-refractivity contribution in [2.75, 3.05) is 19.9 Å². The summed E-state index contributed by atoms with van der Waals surface area (Å²) >= 11 is 1.52. The SMILES string of the molecule is COc1ccc(CN2CC3=c4c(nnnc4=C(SC)N2)C(C(=O)O)C3)cc1. The van der Waals surface area contributed by atoms with E-state index in [2.05, 4.69) is 25.8 Å². The highest BCUT2D eigenvalue weighted by Crippen LogP contribution is 2.28. The van der Waals surface area contributed by atoms with E-state index in [0.717, 1.165) is 27.1 Å². The predicted molar refractivity (Wildman–Crippen MR) is 101 cm³/mol. The van der Waals surface area contributed by atoms with E-state index < -0.39 is 11.9 Å². The highest BCUT2D eigenvalue weighted by molar-refractivity contribution is 8.07. The van der Waals surface area contributed by atoms with Crippen LogP contribution in [-0.2, 0) is 11.3 Å². The molecule has 2 N–H and O–H groups in total. The van der Waals surface area contributed by atoms with E-state index in [9.17, 15) is 9.90 Å². The number of benzene rings is 1. The maximum absolute atomic E-state index is 11.7. The second kappa shape index (κ2) is 7.16. The average Bonchev–Trinajstić information content (AvgIpc) is 2.97. The van der Waals surface area contributed by atoms with E-state index in [-0.39, 0.29) is 0 Å². The number of ether oxygens (including phenoxy) is 1. The zero-order valence-electron chi connectivity index (χ0n) is 15.0. The summed E-state index contributed by atoms with van der Waals surface area (Å²) in [5, 5.41) is 26.1. The van der Waals surface area contributed by atoms with Crippen LogP contribution in [0.2, 0.25) is 0 Å². The van der Waals surface area contributed by atoms with Gasteiger partial charge in [0.15, 0.2) is 0 Å². The normalized spacial score (nSPS) is 18.7. The van der Waals surface area contributed by atoms with Crippen LogP contribution in [0, 0.1) is 0 Å². The van der Waals surface area contributed by atoms with Crippen molar-refractivity contribution >= 4 is 28.3 Å². The number of nitrogens with zero attached hydrogens (tertiary/aromatic N) is 4. The summed E-state index contributed by atoms with van der Waals surface area (Å²) in [4.78, 5) is 11.7. The molecular weight excluding hydrogens is 366 g/mol. The van der Waals surface area contributed by atoms with Crippen LogP contribution in [0.3, 0.4) is 0 Å². The van der Waals surface area contributed by atoms with Crippen LogP contribution < -0.4 is 20.7 Å². The third-order valence-electron chi connectivity index (χ3n) is 4.82. The quantitative estimate of drug-likeness (QED) is 0.739. The van der Waals surface area contributed by atoms with Gasteiger partial charge in [-0.3, -0.25) is 4.79 Å². The van der Waals surface area contributed by atoms with E-state index in [1.54, 1.807) is 7.11 Å². The van der Waals surface area contributed by atoms with Gasteiger partial charge in [-0.25, -0.2) is 5.01 Å². The molecule has 140 valence electrons. The lowest BCUT2D eigenvalue weighted by Crippen LogP contribution is -2.40. The number of carbonyl (C=O) groups is 1. The Bertz CT molecular complexity index is 1010. The van der Waals surface area contributed by atoms with Gasteiger partial charge in [-0.1, -0.05) is 12.1 Å². The average molecular weight is 385 g/mol. The maximum Gasteiger partial charge on any atom is 0.313 e. The number of carboxylic acids is 1. The molecule has 1 aromatic heterocycles. The van der Waals surface area contributed by atoms with Gasteiger partial charge in [0.1, 0.15) is 22.0 Å². The van der Waals surface area contributed by atoms with E-state index in [1.807, 2.05) is 30.5 Å². The monoisotopic (exact) mass is 385 g/mol. The number of carboxylic acid groups (broad SMARTS) is 1. The van der Waals surface area contributed by atoms with Crippen molar-refractivity contribution in [1.29, 1.82) is 0 Å². The third kappa shape index (κ3) is 3.24. The smallest absolute Gasteiger partial charge is 0.313 e. The number of thioether (sulfide) groups is 1. The molecule has 0 spiro atoms. The van der Waals surface area contributed by atoms with Gasteiger partial charge in [0, 0.05) is 18.3 Å². The summed E-state index contributed by atoms with van der Waals surface area (Å²) in [6.45, 7) is 1.24. The molecule has 4 rings (SSSR count). The molecule has 0 bridgehead atoms. The van der Waals surface area contributed by atoms with E-state index in [1.165, 1.54) is 11.8 Å². The molecule has 1 atom stereocenters. The standard InChI is InChI=1S/C18H19N5O3S/c1-26-12-5-3-10(4-6-12)8-23-9-11-7-13(18(24)25)15-14(11)16(20-22-19-15)17(21-23)27-2/h3-6,13,21H,7-9H2,1-2H3,(H,24,25). The lowest BCUT2D eigenvalue weighted by atomic mass is 10.0. The fourth-order valence-corrected chi connectivity index (χ4v) is 4.09. The van der Waals surface area contributed by atoms with Crippen LogP contribution in [-0.4, -0.2) is 51.4 Å². The van der Waals surface area contributed by atoms with Gasteiger partial charge < -0.3 is 15.3 Å². The van der Waals surface area contributed by atoms with Gasteiger partial charge >= 0.3 is 5.97 Å². The van der Waals surface area contributed by atoms with Gasteiger partial charge in [0.05, 0.1) is 12.8 Å². The maximum atomic E-state index is 11.7. The molecule has 0 saturated carbocycles. The van der Waals surface area contributed by atoms with Gasteiger partial charge in [-0.2, -0.15) is 0 Å². The summed E-state index contributed by atoms with van der Waals surface area (Å²) in [6, 6.07) is 7.89. The van der Waals surface area contributed by atoms with Gasteiger partial charge in [-0.05, 0) is 41.2 Å². The molecule has 1 aliphatic carbocycles. The fraction of sp³-hybridized carbons (Fsp3) is 0.333. The Kier molecular flexibility index (Phi) is 4.71. The number of hydrogen-bond donors (Lipinski definition) is 2. The van der Waals surface area contributed by atoms with Crippen molar-refractivity contribution in [3.05, 3.63) is 46.1 Å². The minimum Gasteiger partial charge on any atom is -0.497 e. The fourth-order valence-electron chi connectivity index (χ4n) is 3.54. The lowest BCUT2D eigenvalue weighted by Gasteiger charge is -2.24. The molecule has 0 radical (unpaired) electrons. The van der Waals surface area contributed by atoms with Crippen LogP contribution in [0.1, 0.15) is 23.6 Å². The van der Waals surface area contributed by atoms with Gasteiger partial charge in [0.2, 0.25) is 0 Å². The summed E-state index contributed by atoms with van der Waals surface area (Å²) in [5.41, 5.74) is 6.08. The Balaban J connectivity index is 1.72. The first-order valence-electron chi connectivity index (χ1n) is 8.47. The molecule has 2 aliphatic rings. The first-order valence-corrected chi connectivity index (χ1v) is 9.70. The molecule has 0 saturated heterocycles. The number of nitrogens with one attached hydrogen (secondary N) is 1. The molecule has 2 aromatic rings. The summed E-state index contributed by atoms with van der Waals surface area (Å²) in [5.74, 6) is -0.723. The van der Waals surface area contributed by atoms with Gasteiger partial charge in [-0.15, -0.1) is 22.0 Å². The Morgan fingerprint density at radius 3 is 2.81 bits per heavy atom. The first kappa shape index (κ1) is 17.7. The second-order valence-electron chi connectivity index (χ2n) is 6.45. The Morgan fingerprint density at radius 2 is 2.15 bits per heavy atom. The highest BCUT2D eigenvalue weighted by Gasteiger charge is 2.34. The van der Waals surface area contributed by atoms with Crippen LogP contribution in [0.4, 0.5) is 0 Å². The summed E-state index contributed by atoms with van der Waals surface area (Å²) in [7, 11) is 1.64. The lowest BCUT2D eigenvalue weighted by molar-refractivity contribution is -0.138. The van der Waals surface area contributed by atoms with Crippen molar-refractivity contribution in [3.8, 4) is 5.75 Å². The molecule has 1 aromatic carbocycles. The van der Waals surface area contributed by atoms with Crippen molar-refractivity contribution < 1.29 is 14.6 Å². The number of rotatable bonds is 5. The van der Waals surface area contributed by atoms with Crippen LogP contribution in [0.15, 0.2) is 24.3 Å². The largest absolute Gasteiger partial charge is 0.497 e. The minimum atomic E-state index is -0.876. The Hall–Kier alpha value is -2.65. The molecule has 0 fully saturated rings. The van der Waals surface area contributed by atoms with Crippen LogP contribution >= 0.6 is 11.8 Å². The van der Waals surface area contributed by atoms with E-state index in [4.69, 9.17) is 4.74 Å². The van der Waals surface area contributed by atoms with Gasteiger partial charge in [0.25, 0.3) is 0 Å². The number of hydrazine groups is 1. The van der Waals surface area contributed by atoms with Crippen molar-refractivity contribution in [1.82, 2.24) is 25.8 Å². The zero-order chi connectivity index (χ0) is 19.0. The van der Waals surface area contributed by atoms with Crippen LogP contribution in [0.5, 0.6) is 5.75 Å². The van der Waals surface area contributed by atoms with E-state index in [0.29, 0.717) is 30.6 Å². The number of hydrogen-bond acceptors (Lipinski definition) is 8. The van der Waals surface area contributed by atoms with Crippen molar-refractivity contribution in [3.63, 3.8) is 0 Å². The molecule has 0 amide bonds. The topological polar surface area (TPSA) is 100 Å².